The number of hydrogen-bond donors (Lipinski definition) is 2. The summed E-state index contributed by atoms with van der Waals surface area (Å²) in [6.07, 6.45) is 0.0595. The first-order chi connectivity index (χ1) is 15.1. The second-order valence-corrected chi connectivity index (χ2v) is 8.55. The van der Waals surface area contributed by atoms with Crippen LogP contribution < -0.4 is 15.6 Å². The Morgan fingerprint density at radius 2 is 1.77 bits per heavy atom. The topological polar surface area (TPSA) is 90.9 Å². The summed E-state index contributed by atoms with van der Waals surface area (Å²) >= 11 is 2.74. The van der Waals surface area contributed by atoms with Gasteiger partial charge in [-0.2, -0.15) is 10.1 Å². The second-order valence-electron chi connectivity index (χ2n) is 6.56. The quantitative estimate of drug-likeness (QED) is 0.556. The highest BCUT2D eigenvalue weighted by Gasteiger charge is 2.26. The Hall–Kier alpha value is -3.43. The number of carbonyl (C=O) groups is 3. The summed E-state index contributed by atoms with van der Waals surface area (Å²) in [5, 5.41) is 12.9. The lowest BCUT2D eigenvalue weighted by molar-refractivity contribution is -0.117. The summed E-state index contributed by atoms with van der Waals surface area (Å²) in [6.45, 7) is 0. The first kappa shape index (κ1) is 20.8. The lowest BCUT2D eigenvalue weighted by Crippen LogP contribution is -2.31. The van der Waals surface area contributed by atoms with Gasteiger partial charge < -0.3 is 10.6 Å². The summed E-state index contributed by atoms with van der Waals surface area (Å²) in [6, 6.07) is 20.0. The second kappa shape index (κ2) is 9.59. The molecule has 0 unspecified atom stereocenters. The van der Waals surface area contributed by atoms with E-state index in [0.29, 0.717) is 22.1 Å². The van der Waals surface area contributed by atoms with Crippen molar-refractivity contribution in [2.24, 2.45) is 5.10 Å². The van der Waals surface area contributed by atoms with E-state index >= 15 is 0 Å². The fourth-order valence-corrected chi connectivity index (χ4v) is 4.17. The summed E-state index contributed by atoms with van der Waals surface area (Å²) in [5.41, 5.74) is 1.35. The van der Waals surface area contributed by atoms with Crippen LogP contribution in [0.3, 0.4) is 0 Å². The zero-order valence-corrected chi connectivity index (χ0v) is 17.9. The molecule has 156 valence electrons. The van der Waals surface area contributed by atoms with Crippen LogP contribution in [0.5, 0.6) is 0 Å². The highest BCUT2D eigenvalue weighted by atomic mass is 32.2. The number of amidine groups is 1. The first-order valence-corrected chi connectivity index (χ1v) is 11.3. The van der Waals surface area contributed by atoms with E-state index in [-0.39, 0.29) is 29.9 Å². The number of amides is 3. The van der Waals surface area contributed by atoms with Crippen LogP contribution in [-0.4, -0.2) is 29.3 Å². The maximum absolute atomic E-state index is 12.3. The van der Waals surface area contributed by atoms with Gasteiger partial charge in [0.05, 0.1) is 22.7 Å². The summed E-state index contributed by atoms with van der Waals surface area (Å²) in [5.74, 6) is -0.0485. The van der Waals surface area contributed by atoms with Crippen LogP contribution >= 0.6 is 23.1 Å². The number of rotatable bonds is 6. The zero-order valence-electron chi connectivity index (χ0n) is 16.3. The molecule has 0 spiro atoms. The minimum absolute atomic E-state index is 0.0595. The van der Waals surface area contributed by atoms with E-state index in [4.69, 9.17) is 0 Å². The molecule has 2 aromatic carbocycles. The number of anilines is 2. The van der Waals surface area contributed by atoms with Gasteiger partial charge in [0.15, 0.2) is 0 Å². The Morgan fingerprint density at radius 3 is 2.48 bits per heavy atom. The number of para-hydroxylation sites is 1. The third-order valence-electron chi connectivity index (χ3n) is 4.29. The molecule has 2 N–H and O–H groups in total. The van der Waals surface area contributed by atoms with Gasteiger partial charge in [0.25, 0.3) is 11.8 Å². The Kier molecular flexibility index (Phi) is 6.44. The van der Waals surface area contributed by atoms with Gasteiger partial charge in [-0.05, 0) is 47.8 Å². The molecule has 0 atom stereocenters. The molecule has 4 rings (SSSR count). The van der Waals surface area contributed by atoms with Crippen LogP contribution in [0.4, 0.5) is 11.4 Å². The van der Waals surface area contributed by atoms with E-state index in [1.54, 1.807) is 30.3 Å². The number of thioether (sulfide) groups is 1. The molecule has 0 saturated carbocycles. The molecule has 0 aliphatic carbocycles. The largest absolute Gasteiger partial charge is 0.321 e. The molecule has 7 nitrogen and oxygen atoms in total. The first-order valence-electron chi connectivity index (χ1n) is 9.41. The summed E-state index contributed by atoms with van der Waals surface area (Å²) < 4.78 is 0. The minimum atomic E-state index is -0.235. The number of hydrazone groups is 1. The van der Waals surface area contributed by atoms with Gasteiger partial charge in [0, 0.05) is 10.6 Å². The Labute approximate surface area is 187 Å². The van der Waals surface area contributed by atoms with Gasteiger partial charge in [-0.25, -0.2) is 0 Å². The van der Waals surface area contributed by atoms with E-state index in [1.165, 1.54) is 28.1 Å². The number of nitrogens with zero attached hydrogens (tertiary/aromatic N) is 2. The van der Waals surface area contributed by atoms with Gasteiger partial charge in [-0.1, -0.05) is 24.3 Å². The summed E-state index contributed by atoms with van der Waals surface area (Å²) in [4.78, 5) is 38.0. The maximum atomic E-state index is 12.3. The van der Waals surface area contributed by atoms with E-state index < -0.39 is 0 Å². The van der Waals surface area contributed by atoms with E-state index in [1.807, 2.05) is 41.8 Å². The molecule has 3 aromatic rings. The van der Waals surface area contributed by atoms with Gasteiger partial charge in [-0.15, -0.1) is 23.1 Å². The monoisotopic (exact) mass is 450 g/mol. The molecule has 1 aromatic heterocycles. The molecule has 0 fully saturated rings. The molecule has 0 saturated heterocycles. The standard InChI is InChI=1S/C22H18N4O3S2/c27-20(24-19-13-21(28)26(25-19)16-5-2-1-3-6-16)14-31-17-10-8-15(9-11-17)23-22(29)18-7-4-12-30-18/h1-12H,13-14H2,(H,23,29)(H,24,25,27). The molecular weight excluding hydrogens is 432 g/mol. The Morgan fingerprint density at radius 1 is 1.00 bits per heavy atom. The Balaban J connectivity index is 1.27. The van der Waals surface area contributed by atoms with E-state index in [0.717, 1.165) is 4.90 Å². The van der Waals surface area contributed by atoms with Crippen LogP contribution in [0.25, 0.3) is 0 Å². The minimum Gasteiger partial charge on any atom is -0.321 e. The normalized spacial score (nSPS) is 13.1. The van der Waals surface area contributed by atoms with Crippen molar-refractivity contribution < 1.29 is 14.4 Å². The van der Waals surface area contributed by atoms with Crippen molar-refractivity contribution in [3.05, 3.63) is 77.0 Å². The van der Waals surface area contributed by atoms with Crippen molar-refractivity contribution >= 4 is 58.0 Å². The van der Waals surface area contributed by atoms with Crippen LogP contribution in [0.15, 0.2) is 82.1 Å². The predicted molar refractivity (Wildman–Crippen MR) is 124 cm³/mol. The molecule has 2 heterocycles. The van der Waals surface area contributed by atoms with Crippen LogP contribution in [0.2, 0.25) is 0 Å². The molecule has 0 bridgehead atoms. The fraction of sp³-hybridized carbons (Fsp3) is 0.0909. The van der Waals surface area contributed by atoms with Gasteiger partial charge >= 0.3 is 0 Å². The number of thiophene rings is 1. The van der Waals surface area contributed by atoms with Crippen LogP contribution in [-0.2, 0) is 9.59 Å². The van der Waals surface area contributed by atoms with Crippen molar-refractivity contribution in [2.45, 2.75) is 11.3 Å². The molecular formula is C22H18N4O3S2. The maximum Gasteiger partial charge on any atom is 0.265 e. The van der Waals surface area contributed by atoms with Crippen molar-refractivity contribution in [3.63, 3.8) is 0 Å². The van der Waals surface area contributed by atoms with Crippen molar-refractivity contribution in [1.29, 1.82) is 0 Å². The predicted octanol–water partition coefficient (Wildman–Crippen LogP) is 3.96. The molecule has 31 heavy (non-hydrogen) atoms. The SMILES string of the molecule is O=C(CSc1ccc(NC(=O)c2cccs2)cc1)NC1=NN(c2ccccc2)C(=O)C1. The lowest BCUT2D eigenvalue weighted by atomic mass is 10.3. The highest BCUT2D eigenvalue weighted by Crippen LogP contribution is 2.22. The smallest absolute Gasteiger partial charge is 0.265 e. The molecule has 3 amide bonds. The van der Waals surface area contributed by atoms with Crippen molar-refractivity contribution in [1.82, 2.24) is 5.32 Å². The number of hydrogen-bond acceptors (Lipinski definition) is 6. The number of benzene rings is 2. The van der Waals surface area contributed by atoms with Gasteiger partial charge in [0.2, 0.25) is 5.91 Å². The van der Waals surface area contributed by atoms with E-state index in [2.05, 4.69) is 15.7 Å². The third-order valence-corrected chi connectivity index (χ3v) is 6.17. The van der Waals surface area contributed by atoms with Crippen LogP contribution in [0, 0.1) is 0 Å². The average molecular weight is 451 g/mol. The zero-order chi connectivity index (χ0) is 21.6. The summed E-state index contributed by atoms with van der Waals surface area (Å²) in [7, 11) is 0. The molecule has 1 aliphatic rings. The molecule has 9 heteroatoms. The molecule has 1 aliphatic heterocycles. The lowest BCUT2D eigenvalue weighted by Gasteiger charge is -2.10. The number of nitrogens with one attached hydrogen (secondary N) is 2. The molecule has 0 radical (unpaired) electrons. The van der Waals surface area contributed by atoms with Crippen LogP contribution in [0.1, 0.15) is 16.1 Å². The van der Waals surface area contributed by atoms with Gasteiger partial charge in [0.1, 0.15) is 5.84 Å². The average Bonchev–Trinajstić information content (AvgIpc) is 3.44. The number of carbonyl (C=O) groups excluding carboxylic acids is 3. The van der Waals surface area contributed by atoms with Crippen molar-refractivity contribution in [3.8, 4) is 0 Å². The van der Waals surface area contributed by atoms with E-state index in [9.17, 15) is 14.4 Å². The fourth-order valence-electron chi connectivity index (χ4n) is 2.85. The Bertz CT molecular complexity index is 1110. The highest BCUT2D eigenvalue weighted by molar-refractivity contribution is 8.00. The third kappa shape index (κ3) is 5.39. The van der Waals surface area contributed by atoms with Crippen molar-refractivity contribution in [2.75, 3.05) is 16.1 Å². The van der Waals surface area contributed by atoms with Gasteiger partial charge in [-0.3, -0.25) is 14.4 Å².